The molecule has 64 valence electrons. The Balaban J connectivity index is 2.69. The third-order valence-electron chi connectivity index (χ3n) is 1.33. The first-order valence-corrected chi connectivity index (χ1v) is 4.70. The summed E-state index contributed by atoms with van der Waals surface area (Å²) in [5, 5.41) is 4.01. The lowest BCUT2D eigenvalue weighted by atomic mass is 10.4. The molecule has 3 heteroatoms. The first-order valence-electron chi connectivity index (χ1n) is 3.71. The minimum Gasteiger partial charge on any atom is -0.336 e. The van der Waals surface area contributed by atoms with Crippen molar-refractivity contribution in [2.75, 3.05) is 12.8 Å². The molecule has 0 aliphatic carbocycles. The van der Waals surface area contributed by atoms with Crippen LogP contribution in [-0.4, -0.2) is 18.0 Å². The molecule has 1 aliphatic heterocycles. The normalized spacial score (nSPS) is 26.8. The van der Waals surface area contributed by atoms with Gasteiger partial charge in [-0.3, -0.25) is 4.99 Å². The van der Waals surface area contributed by atoms with Gasteiger partial charge in [0.2, 0.25) is 0 Å². The Bertz CT molecular complexity index is 251. The molecule has 12 heavy (non-hydrogen) atoms. The number of aliphatic imine (C=N–C) groups is 1. The molecule has 0 atom stereocenters. The first-order chi connectivity index (χ1) is 5.83. The average Bonchev–Trinajstić information content (AvgIpc) is 2.16. The highest BCUT2D eigenvalue weighted by molar-refractivity contribution is 8.13. The predicted molar refractivity (Wildman–Crippen MR) is 56.4 cm³/mol. The Hall–Kier alpha value is -0.960. The van der Waals surface area contributed by atoms with E-state index in [0.29, 0.717) is 0 Å². The molecule has 0 spiro atoms. The summed E-state index contributed by atoms with van der Waals surface area (Å²) in [6, 6.07) is 0. The van der Waals surface area contributed by atoms with Crippen LogP contribution in [0.4, 0.5) is 0 Å². The van der Waals surface area contributed by atoms with Gasteiger partial charge in [-0.1, -0.05) is 36.6 Å². The van der Waals surface area contributed by atoms with Gasteiger partial charge in [0.05, 0.1) is 0 Å². The van der Waals surface area contributed by atoms with Crippen molar-refractivity contribution in [1.29, 1.82) is 0 Å². The average molecular weight is 180 g/mol. The molecular weight excluding hydrogens is 168 g/mol. The van der Waals surface area contributed by atoms with Gasteiger partial charge in [0, 0.05) is 18.5 Å². The molecule has 0 fully saturated rings. The molecule has 0 aromatic rings. The van der Waals surface area contributed by atoms with Crippen molar-refractivity contribution in [3.05, 3.63) is 36.6 Å². The largest absolute Gasteiger partial charge is 0.336 e. The van der Waals surface area contributed by atoms with Gasteiger partial charge in [0.15, 0.2) is 5.17 Å². The molecule has 0 saturated carbocycles. The Morgan fingerprint density at radius 1 is 1.58 bits per heavy atom. The Morgan fingerprint density at radius 3 is 3.17 bits per heavy atom. The second-order valence-corrected chi connectivity index (χ2v) is 3.29. The third kappa shape index (κ3) is 2.96. The van der Waals surface area contributed by atoms with Gasteiger partial charge < -0.3 is 5.32 Å². The van der Waals surface area contributed by atoms with Crippen molar-refractivity contribution < 1.29 is 0 Å². The molecule has 0 aromatic carbocycles. The van der Waals surface area contributed by atoms with Gasteiger partial charge in [-0.2, -0.15) is 0 Å². The summed E-state index contributed by atoms with van der Waals surface area (Å²) >= 11 is 1.67. The zero-order valence-corrected chi connectivity index (χ0v) is 7.90. The maximum Gasteiger partial charge on any atom is 0.161 e. The number of hydrogen-bond donors (Lipinski definition) is 1. The molecule has 0 radical (unpaired) electrons. The lowest BCUT2D eigenvalue weighted by molar-refractivity contribution is 1.20. The van der Waals surface area contributed by atoms with Gasteiger partial charge in [-0.05, 0) is 6.08 Å². The van der Waals surface area contributed by atoms with Crippen LogP contribution in [0.5, 0.6) is 0 Å². The van der Waals surface area contributed by atoms with E-state index in [1.165, 1.54) is 0 Å². The van der Waals surface area contributed by atoms with E-state index in [1.807, 2.05) is 18.2 Å². The van der Waals surface area contributed by atoms with E-state index in [4.69, 9.17) is 0 Å². The van der Waals surface area contributed by atoms with E-state index in [1.54, 1.807) is 18.8 Å². The van der Waals surface area contributed by atoms with Crippen molar-refractivity contribution >= 4 is 16.9 Å². The standard InChI is InChI=1S/C9H12N2S/c1-8-6-4-3-5-7-12-9(10-2)11-8/h3-6H,1,7H2,2H3,(H,10,11)/b5-3-,6-4-. The minimum absolute atomic E-state index is 0.870. The van der Waals surface area contributed by atoms with Crippen LogP contribution in [0, 0.1) is 0 Å². The van der Waals surface area contributed by atoms with Crippen molar-refractivity contribution in [2.45, 2.75) is 0 Å². The van der Waals surface area contributed by atoms with Gasteiger partial charge in [-0.25, -0.2) is 0 Å². The van der Waals surface area contributed by atoms with Crippen LogP contribution in [0.25, 0.3) is 0 Å². The van der Waals surface area contributed by atoms with Gasteiger partial charge in [0.1, 0.15) is 0 Å². The van der Waals surface area contributed by atoms with Crippen LogP contribution < -0.4 is 5.32 Å². The summed E-state index contributed by atoms with van der Waals surface area (Å²) in [6.45, 7) is 3.83. The highest BCUT2D eigenvalue weighted by atomic mass is 32.2. The van der Waals surface area contributed by atoms with Gasteiger partial charge in [-0.15, -0.1) is 0 Å². The van der Waals surface area contributed by atoms with Gasteiger partial charge in [0.25, 0.3) is 0 Å². The van der Waals surface area contributed by atoms with Crippen LogP contribution >= 0.6 is 11.8 Å². The summed E-state index contributed by atoms with van der Waals surface area (Å²) in [4.78, 5) is 4.08. The highest BCUT2D eigenvalue weighted by Crippen LogP contribution is 2.06. The summed E-state index contributed by atoms with van der Waals surface area (Å²) in [6.07, 6.45) is 7.99. The van der Waals surface area contributed by atoms with E-state index in [9.17, 15) is 0 Å². The van der Waals surface area contributed by atoms with Crippen LogP contribution in [0.2, 0.25) is 0 Å². The second kappa shape index (κ2) is 4.83. The second-order valence-electron chi connectivity index (χ2n) is 2.28. The maximum atomic E-state index is 4.08. The molecule has 0 bridgehead atoms. The fourth-order valence-corrected chi connectivity index (χ4v) is 1.47. The van der Waals surface area contributed by atoms with Crippen molar-refractivity contribution in [3.8, 4) is 0 Å². The fraction of sp³-hybridized carbons (Fsp3) is 0.222. The van der Waals surface area contributed by atoms with Crippen LogP contribution in [0.3, 0.4) is 0 Å². The number of rotatable bonds is 0. The maximum absolute atomic E-state index is 4.08. The number of allylic oxidation sites excluding steroid dienone is 3. The minimum atomic E-state index is 0.870. The Kier molecular flexibility index (Phi) is 3.67. The Morgan fingerprint density at radius 2 is 2.42 bits per heavy atom. The number of hydrogen-bond acceptors (Lipinski definition) is 2. The van der Waals surface area contributed by atoms with E-state index in [0.717, 1.165) is 16.6 Å². The third-order valence-corrected chi connectivity index (χ3v) is 2.25. The zero-order chi connectivity index (χ0) is 8.81. The van der Waals surface area contributed by atoms with E-state index >= 15 is 0 Å². The molecule has 1 aliphatic rings. The molecule has 0 amide bonds. The van der Waals surface area contributed by atoms with E-state index < -0.39 is 0 Å². The topological polar surface area (TPSA) is 24.4 Å². The van der Waals surface area contributed by atoms with Crippen LogP contribution in [-0.2, 0) is 0 Å². The van der Waals surface area contributed by atoms with E-state index in [2.05, 4.69) is 23.0 Å². The quantitative estimate of drug-likeness (QED) is 0.616. The predicted octanol–water partition coefficient (Wildman–Crippen LogP) is 1.93. The summed E-state index contributed by atoms with van der Waals surface area (Å²) in [5.41, 5.74) is 0.870. The molecule has 0 aromatic heterocycles. The number of thioether (sulfide) groups is 1. The van der Waals surface area contributed by atoms with Crippen molar-refractivity contribution in [2.24, 2.45) is 4.99 Å². The first kappa shape index (κ1) is 9.13. The summed E-state index contributed by atoms with van der Waals surface area (Å²) in [5.74, 6) is 0.942. The lowest BCUT2D eigenvalue weighted by Gasteiger charge is -2.05. The molecule has 2 nitrogen and oxygen atoms in total. The molecular formula is C9H12N2S. The Labute approximate surface area is 77.2 Å². The smallest absolute Gasteiger partial charge is 0.161 e. The molecule has 1 heterocycles. The summed E-state index contributed by atoms with van der Waals surface area (Å²) < 4.78 is 0. The molecule has 0 unspecified atom stereocenters. The van der Waals surface area contributed by atoms with Crippen LogP contribution in [0.15, 0.2) is 41.6 Å². The van der Waals surface area contributed by atoms with Gasteiger partial charge >= 0.3 is 0 Å². The number of nitrogens with zero attached hydrogens (tertiary/aromatic N) is 1. The zero-order valence-electron chi connectivity index (χ0n) is 7.08. The monoisotopic (exact) mass is 180 g/mol. The van der Waals surface area contributed by atoms with Crippen molar-refractivity contribution in [3.63, 3.8) is 0 Å². The highest BCUT2D eigenvalue weighted by Gasteiger charge is 1.98. The molecule has 1 N–H and O–H groups in total. The van der Waals surface area contributed by atoms with E-state index in [-0.39, 0.29) is 0 Å². The summed E-state index contributed by atoms with van der Waals surface area (Å²) in [7, 11) is 1.77. The molecule has 1 rings (SSSR count). The number of nitrogens with one attached hydrogen (secondary N) is 1. The SMILES string of the molecule is C=C1/C=C\C=C/CSC(=NC)N1. The lowest BCUT2D eigenvalue weighted by Crippen LogP contribution is -2.17. The fourth-order valence-electron chi connectivity index (χ4n) is 0.768. The van der Waals surface area contributed by atoms with Crippen molar-refractivity contribution in [1.82, 2.24) is 5.32 Å². The number of amidine groups is 1. The van der Waals surface area contributed by atoms with Crippen LogP contribution in [0.1, 0.15) is 0 Å². The molecule has 0 saturated heterocycles.